The second-order valence-electron chi connectivity index (χ2n) is 6.19. The third-order valence-electron chi connectivity index (χ3n) is 4.30. The Balaban J connectivity index is 1.45. The number of rotatable bonds is 6. The van der Waals surface area contributed by atoms with Gasteiger partial charge in [0.2, 0.25) is 0 Å². The van der Waals surface area contributed by atoms with Crippen LogP contribution in [0.25, 0.3) is 0 Å². The Hall–Kier alpha value is -2.41. The minimum atomic E-state index is -0.0416. The molecule has 2 heterocycles. The van der Waals surface area contributed by atoms with E-state index in [1.54, 1.807) is 0 Å². The van der Waals surface area contributed by atoms with Crippen LogP contribution in [-0.4, -0.2) is 53.5 Å². The Kier molecular flexibility index (Phi) is 5.65. The molecule has 1 saturated heterocycles. The third kappa shape index (κ3) is 4.57. The lowest BCUT2D eigenvalue weighted by Crippen LogP contribution is -2.36. The van der Waals surface area contributed by atoms with Crippen LogP contribution in [0.15, 0.2) is 24.3 Å². The molecule has 0 atom stereocenters. The maximum Gasteiger partial charge on any atom is 0.251 e. The van der Waals surface area contributed by atoms with Gasteiger partial charge in [0.15, 0.2) is 0 Å². The first-order valence-corrected chi connectivity index (χ1v) is 8.72. The lowest BCUT2D eigenvalue weighted by molar-refractivity contribution is 0.0952. The van der Waals surface area contributed by atoms with E-state index in [1.165, 1.54) is 0 Å². The molecule has 0 bridgehead atoms. The molecule has 7 nitrogen and oxygen atoms in total. The smallest absolute Gasteiger partial charge is 0.251 e. The Labute approximate surface area is 148 Å². The summed E-state index contributed by atoms with van der Waals surface area (Å²) in [6, 6.07) is 7.76. The monoisotopic (exact) mass is 343 g/mol. The molecule has 1 aliphatic rings. The predicted molar refractivity (Wildman–Crippen MR) is 95.9 cm³/mol. The van der Waals surface area contributed by atoms with Gasteiger partial charge < -0.3 is 15.0 Å². The summed E-state index contributed by atoms with van der Waals surface area (Å²) in [6.45, 7) is 8.49. The molecule has 2 aromatic rings. The normalized spacial score (nSPS) is 14.6. The van der Waals surface area contributed by atoms with E-state index in [-0.39, 0.29) is 5.91 Å². The van der Waals surface area contributed by atoms with Crippen LogP contribution >= 0.6 is 0 Å². The van der Waals surface area contributed by atoms with Crippen LogP contribution in [0, 0.1) is 13.8 Å². The lowest BCUT2D eigenvalue weighted by atomic mass is 10.1. The molecule has 7 heteroatoms. The van der Waals surface area contributed by atoms with Gasteiger partial charge in [0, 0.05) is 37.4 Å². The maximum atomic E-state index is 12.2. The summed E-state index contributed by atoms with van der Waals surface area (Å²) in [6.07, 6.45) is 0.821. The van der Waals surface area contributed by atoms with Crippen LogP contribution in [0.4, 0.5) is 5.69 Å². The molecule has 1 aromatic heterocycles. The molecule has 1 amide bonds. The fourth-order valence-corrected chi connectivity index (χ4v) is 2.95. The van der Waals surface area contributed by atoms with Gasteiger partial charge >= 0.3 is 0 Å². The highest BCUT2D eigenvalue weighted by Crippen LogP contribution is 2.16. The molecule has 0 saturated carbocycles. The van der Waals surface area contributed by atoms with E-state index in [0.29, 0.717) is 12.1 Å². The summed E-state index contributed by atoms with van der Waals surface area (Å²) in [7, 11) is 0. The number of morpholine rings is 1. The van der Waals surface area contributed by atoms with Crippen LogP contribution in [0.1, 0.15) is 28.4 Å². The third-order valence-corrected chi connectivity index (χ3v) is 4.30. The Morgan fingerprint density at radius 3 is 2.56 bits per heavy atom. The van der Waals surface area contributed by atoms with Gasteiger partial charge in [0.1, 0.15) is 11.6 Å². The molecule has 1 aliphatic heterocycles. The van der Waals surface area contributed by atoms with E-state index in [0.717, 1.165) is 56.6 Å². The number of nitrogens with zero attached hydrogens (tertiary/aromatic N) is 4. The van der Waals surface area contributed by atoms with Crippen molar-refractivity contribution >= 4 is 11.6 Å². The quantitative estimate of drug-likeness (QED) is 0.806. The lowest BCUT2D eigenvalue weighted by Gasteiger charge is -2.28. The van der Waals surface area contributed by atoms with Crippen LogP contribution < -0.4 is 10.2 Å². The molecule has 1 aromatic carbocycles. The van der Waals surface area contributed by atoms with Crippen LogP contribution in [0.2, 0.25) is 0 Å². The van der Waals surface area contributed by atoms with E-state index < -0.39 is 0 Å². The largest absolute Gasteiger partial charge is 0.378 e. The zero-order chi connectivity index (χ0) is 17.6. The number of carbonyl (C=O) groups is 1. The average Bonchev–Trinajstić information content (AvgIpc) is 2.97. The number of ether oxygens (including phenoxy) is 1. The summed E-state index contributed by atoms with van der Waals surface area (Å²) in [4.78, 5) is 18.8. The zero-order valence-electron chi connectivity index (χ0n) is 14.9. The van der Waals surface area contributed by atoms with Gasteiger partial charge in [-0.1, -0.05) is 0 Å². The molecule has 0 spiro atoms. The SMILES string of the molecule is Cc1nc(C)n(CCCNC(=O)c2ccc(N3CCOCC3)cc2)n1. The zero-order valence-corrected chi connectivity index (χ0v) is 14.9. The Morgan fingerprint density at radius 1 is 1.20 bits per heavy atom. The highest BCUT2D eigenvalue weighted by Gasteiger charge is 2.12. The Bertz CT molecular complexity index is 705. The molecule has 1 N–H and O–H groups in total. The molecule has 25 heavy (non-hydrogen) atoms. The van der Waals surface area contributed by atoms with Crippen molar-refractivity contribution < 1.29 is 9.53 Å². The van der Waals surface area contributed by atoms with Gasteiger partial charge in [-0.25, -0.2) is 4.98 Å². The number of benzene rings is 1. The first kappa shape index (κ1) is 17.4. The fourth-order valence-electron chi connectivity index (χ4n) is 2.95. The summed E-state index contributed by atoms with van der Waals surface area (Å²) >= 11 is 0. The summed E-state index contributed by atoms with van der Waals surface area (Å²) < 4.78 is 7.24. The van der Waals surface area contributed by atoms with E-state index >= 15 is 0 Å². The predicted octanol–water partition coefficient (Wildman–Crippen LogP) is 1.55. The van der Waals surface area contributed by atoms with Crippen molar-refractivity contribution in [3.05, 3.63) is 41.5 Å². The number of anilines is 1. The molecule has 0 unspecified atom stereocenters. The van der Waals surface area contributed by atoms with Gasteiger partial charge in [-0.2, -0.15) is 5.10 Å². The summed E-state index contributed by atoms with van der Waals surface area (Å²) in [5.41, 5.74) is 1.82. The standard InChI is InChI=1S/C18H25N5O2/c1-14-20-15(2)23(21-14)9-3-8-19-18(24)16-4-6-17(7-5-16)22-10-12-25-13-11-22/h4-7H,3,8-13H2,1-2H3,(H,19,24). The topological polar surface area (TPSA) is 72.3 Å². The number of carbonyl (C=O) groups excluding carboxylic acids is 1. The van der Waals surface area contributed by atoms with Gasteiger partial charge in [0.05, 0.1) is 13.2 Å². The highest BCUT2D eigenvalue weighted by molar-refractivity contribution is 5.94. The molecular weight excluding hydrogens is 318 g/mol. The summed E-state index contributed by atoms with van der Waals surface area (Å²) in [5, 5.41) is 7.28. The molecule has 0 radical (unpaired) electrons. The maximum absolute atomic E-state index is 12.2. The van der Waals surface area contributed by atoms with Crippen molar-refractivity contribution in [1.82, 2.24) is 20.1 Å². The number of nitrogens with one attached hydrogen (secondary N) is 1. The fraction of sp³-hybridized carbons (Fsp3) is 0.500. The molecule has 3 rings (SSSR count). The van der Waals surface area contributed by atoms with Crippen molar-refractivity contribution in [3.8, 4) is 0 Å². The number of hydrogen-bond donors (Lipinski definition) is 1. The van der Waals surface area contributed by atoms with Crippen molar-refractivity contribution in [2.75, 3.05) is 37.7 Å². The van der Waals surface area contributed by atoms with Crippen LogP contribution in [0.5, 0.6) is 0 Å². The highest BCUT2D eigenvalue weighted by atomic mass is 16.5. The molecule has 1 fully saturated rings. The van der Waals surface area contributed by atoms with Crippen molar-refractivity contribution in [1.29, 1.82) is 0 Å². The average molecular weight is 343 g/mol. The van der Waals surface area contributed by atoms with Gasteiger partial charge in [-0.05, 0) is 44.5 Å². The number of hydrogen-bond acceptors (Lipinski definition) is 5. The van der Waals surface area contributed by atoms with Gasteiger partial charge in [0.25, 0.3) is 5.91 Å². The first-order valence-electron chi connectivity index (χ1n) is 8.72. The summed E-state index contributed by atoms with van der Waals surface area (Å²) in [5.74, 6) is 1.64. The van der Waals surface area contributed by atoms with Gasteiger partial charge in [-0.3, -0.25) is 9.48 Å². The van der Waals surface area contributed by atoms with Gasteiger partial charge in [-0.15, -0.1) is 0 Å². The number of amides is 1. The second kappa shape index (κ2) is 8.11. The second-order valence-corrected chi connectivity index (χ2v) is 6.19. The minimum absolute atomic E-state index is 0.0416. The van der Waals surface area contributed by atoms with Crippen molar-refractivity contribution in [2.24, 2.45) is 0 Å². The molecule has 134 valence electrons. The van der Waals surface area contributed by atoms with Crippen LogP contribution in [-0.2, 0) is 11.3 Å². The van der Waals surface area contributed by atoms with E-state index in [9.17, 15) is 4.79 Å². The minimum Gasteiger partial charge on any atom is -0.378 e. The Morgan fingerprint density at radius 2 is 1.92 bits per heavy atom. The van der Waals surface area contributed by atoms with Crippen molar-refractivity contribution in [2.45, 2.75) is 26.8 Å². The first-order chi connectivity index (χ1) is 12.1. The van der Waals surface area contributed by atoms with E-state index in [4.69, 9.17) is 4.74 Å². The van der Waals surface area contributed by atoms with E-state index in [1.807, 2.05) is 42.8 Å². The molecular formula is C18H25N5O2. The number of aryl methyl sites for hydroxylation is 3. The van der Waals surface area contributed by atoms with Crippen molar-refractivity contribution in [3.63, 3.8) is 0 Å². The van der Waals surface area contributed by atoms with Crippen LogP contribution in [0.3, 0.4) is 0 Å². The number of aromatic nitrogens is 3. The van der Waals surface area contributed by atoms with E-state index in [2.05, 4.69) is 20.3 Å². The molecule has 0 aliphatic carbocycles.